The molecule has 1 saturated heterocycles. The van der Waals surface area contributed by atoms with E-state index in [0.29, 0.717) is 6.42 Å². The number of hydrogen-bond acceptors (Lipinski definition) is 8. The highest BCUT2D eigenvalue weighted by Crippen LogP contribution is 2.23. The number of unbranched alkanes of at least 4 members (excludes halogenated alkanes) is 46. The minimum Gasteiger partial charge on any atom is -0.394 e. The van der Waals surface area contributed by atoms with Crippen molar-refractivity contribution in [3.63, 3.8) is 0 Å². The number of aliphatic hydroxyl groups excluding tert-OH is 5. The normalized spacial score (nSPS) is 18.9. The van der Waals surface area contributed by atoms with Crippen molar-refractivity contribution in [2.75, 3.05) is 13.2 Å². The first kappa shape index (κ1) is 71.7. The fourth-order valence-electron chi connectivity index (χ4n) is 10.8. The Hall–Kier alpha value is -1.33. The summed E-state index contributed by atoms with van der Waals surface area (Å²) < 4.78 is 11.3. The molecule has 9 heteroatoms. The van der Waals surface area contributed by atoms with Gasteiger partial charge in [-0.2, -0.15) is 0 Å². The number of hydrogen-bond donors (Lipinski definition) is 6. The van der Waals surface area contributed by atoms with Gasteiger partial charge in [0.05, 0.1) is 25.4 Å². The maximum atomic E-state index is 13.1. The molecule has 1 aliphatic rings. The molecule has 1 aliphatic heterocycles. The van der Waals surface area contributed by atoms with Crippen LogP contribution in [0.3, 0.4) is 0 Å². The molecule has 1 fully saturated rings. The molecule has 1 amide bonds. The lowest BCUT2D eigenvalue weighted by molar-refractivity contribution is -0.302. The fraction of sp³-hybridized carbons (Fsp3) is 0.924. The highest BCUT2D eigenvalue weighted by molar-refractivity contribution is 5.76. The Morgan fingerprint density at radius 3 is 1.08 bits per heavy atom. The predicted molar refractivity (Wildman–Crippen MR) is 318 cm³/mol. The third-order valence-electron chi connectivity index (χ3n) is 16.0. The van der Waals surface area contributed by atoms with E-state index in [9.17, 15) is 30.3 Å². The molecule has 444 valence electrons. The Bertz CT molecular complexity index is 1230. The third-order valence-corrected chi connectivity index (χ3v) is 16.0. The van der Waals surface area contributed by atoms with E-state index >= 15 is 0 Å². The maximum absolute atomic E-state index is 13.1. The van der Waals surface area contributed by atoms with Gasteiger partial charge in [0.15, 0.2) is 6.29 Å². The molecular weight excluding hydrogens is 935 g/mol. The molecule has 6 N–H and O–H groups in total. The van der Waals surface area contributed by atoms with Gasteiger partial charge in [0.1, 0.15) is 24.4 Å². The number of nitrogens with one attached hydrogen (secondary N) is 1. The van der Waals surface area contributed by atoms with Crippen molar-refractivity contribution in [2.45, 2.75) is 378 Å². The van der Waals surface area contributed by atoms with Crippen LogP contribution >= 0.6 is 0 Å². The zero-order valence-electron chi connectivity index (χ0n) is 49.6. The lowest BCUT2D eigenvalue weighted by atomic mass is 9.99. The largest absolute Gasteiger partial charge is 0.394 e. The molecule has 0 radical (unpaired) electrons. The van der Waals surface area contributed by atoms with Crippen molar-refractivity contribution < 1.29 is 39.8 Å². The Morgan fingerprint density at radius 1 is 0.440 bits per heavy atom. The standard InChI is InChI=1S/C66H127NO8/c1-3-5-7-9-11-13-15-17-19-21-23-25-26-27-28-29-30-31-32-33-34-36-38-40-42-44-46-48-50-52-54-56-62(70)67-59(58-74-66-65(73)64(72)63(71)61(57-68)75-66)60(69)55-53-51-49-47-45-43-41-39-37-35-24-22-20-18-16-14-12-10-8-6-4-2/h27-28,53,55,59-61,63-66,68-69,71-73H,3-26,29-52,54,56-58H2,1-2H3,(H,67,70)/b28-27-,55-53+. The van der Waals surface area contributed by atoms with Crippen LogP contribution < -0.4 is 5.32 Å². The van der Waals surface area contributed by atoms with Gasteiger partial charge in [-0.3, -0.25) is 4.79 Å². The van der Waals surface area contributed by atoms with Crippen LogP contribution in [0.5, 0.6) is 0 Å². The van der Waals surface area contributed by atoms with E-state index in [2.05, 4.69) is 31.3 Å². The van der Waals surface area contributed by atoms with Crippen molar-refractivity contribution >= 4 is 5.91 Å². The summed E-state index contributed by atoms with van der Waals surface area (Å²) >= 11 is 0. The molecule has 7 unspecified atom stereocenters. The Balaban J connectivity index is 2.13. The Morgan fingerprint density at radius 2 is 0.747 bits per heavy atom. The fourth-order valence-corrected chi connectivity index (χ4v) is 10.8. The van der Waals surface area contributed by atoms with Crippen LogP contribution in [0.25, 0.3) is 0 Å². The summed E-state index contributed by atoms with van der Waals surface area (Å²) in [4.78, 5) is 13.1. The first-order valence-corrected chi connectivity index (χ1v) is 33.1. The average Bonchev–Trinajstić information content (AvgIpc) is 3.41. The van der Waals surface area contributed by atoms with E-state index < -0.39 is 49.5 Å². The number of allylic oxidation sites excluding steroid dienone is 3. The van der Waals surface area contributed by atoms with Gasteiger partial charge in [0.2, 0.25) is 5.91 Å². The molecule has 0 spiro atoms. The quantitative estimate of drug-likeness (QED) is 0.0261. The van der Waals surface area contributed by atoms with E-state index in [4.69, 9.17) is 9.47 Å². The summed E-state index contributed by atoms with van der Waals surface area (Å²) in [6.07, 6.45) is 65.6. The molecule has 0 aliphatic carbocycles. The monoisotopic (exact) mass is 1060 g/mol. The van der Waals surface area contributed by atoms with Crippen LogP contribution in [-0.2, 0) is 14.3 Å². The first-order chi connectivity index (χ1) is 36.8. The molecule has 9 nitrogen and oxygen atoms in total. The average molecular weight is 1060 g/mol. The van der Waals surface area contributed by atoms with Gasteiger partial charge in [-0.25, -0.2) is 0 Å². The van der Waals surface area contributed by atoms with E-state index in [0.717, 1.165) is 38.5 Å². The summed E-state index contributed by atoms with van der Waals surface area (Å²) in [6, 6.07) is -0.803. The molecule has 7 atom stereocenters. The lowest BCUT2D eigenvalue weighted by Crippen LogP contribution is -2.60. The maximum Gasteiger partial charge on any atom is 0.220 e. The Labute approximate surface area is 464 Å². The van der Waals surface area contributed by atoms with Crippen LogP contribution in [0.4, 0.5) is 0 Å². The number of carbonyl (C=O) groups is 1. The van der Waals surface area contributed by atoms with Gasteiger partial charge in [-0.05, 0) is 44.9 Å². The van der Waals surface area contributed by atoms with Crippen LogP contribution in [0.2, 0.25) is 0 Å². The molecule has 0 aromatic carbocycles. The van der Waals surface area contributed by atoms with Crippen molar-refractivity contribution in [2.24, 2.45) is 0 Å². The van der Waals surface area contributed by atoms with Crippen molar-refractivity contribution in [1.29, 1.82) is 0 Å². The molecular formula is C66H127NO8. The summed E-state index contributed by atoms with van der Waals surface area (Å²) in [6.45, 7) is 3.83. The van der Waals surface area contributed by atoms with Gasteiger partial charge in [-0.1, -0.05) is 308 Å². The van der Waals surface area contributed by atoms with Gasteiger partial charge < -0.3 is 40.3 Å². The van der Waals surface area contributed by atoms with E-state index in [1.165, 1.54) is 276 Å². The summed E-state index contributed by atoms with van der Waals surface area (Å²) in [7, 11) is 0. The second-order valence-corrected chi connectivity index (χ2v) is 23.3. The van der Waals surface area contributed by atoms with Gasteiger partial charge in [-0.15, -0.1) is 0 Å². The summed E-state index contributed by atoms with van der Waals surface area (Å²) in [5, 5.41) is 54.7. The van der Waals surface area contributed by atoms with Gasteiger partial charge >= 0.3 is 0 Å². The second-order valence-electron chi connectivity index (χ2n) is 23.3. The number of carbonyl (C=O) groups excluding carboxylic acids is 1. The number of ether oxygens (including phenoxy) is 2. The third kappa shape index (κ3) is 45.1. The zero-order valence-corrected chi connectivity index (χ0v) is 49.6. The summed E-state index contributed by atoms with van der Waals surface area (Å²) in [5.74, 6) is -0.170. The smallest absolute Gasteiger partial charge is 0.220 e. The van der Waals surface area contributed by atoms with Gasteiger partial charge in [0, 0.05) is 6.42 Å². The predicted octanol–water partition coefficient (Wildman–Crippen LogP) is 17.3. The molecule has 0 aromatic heterocycles. The molecule has 1 heterocycles. The number of aliphatic hydroxyl groups is 5. The highest BCUT2D eigenvalue weighted by atomic mass is 16.7. The molecule has 1 rings (SSSR count). The van der Waals surface area contributed by atoms with Crippen molar-refractivity contribution in [3.05, 3.63) is 24.3 Å². The van der Waals surface area contributed by atoms with E-state index in [1.807, 2.05) is 6.08 Å². The van der Waals surface area contributed by atoms with Gasteiger partial charge in [0.25, 0.3) is 0 Å². The van der Waals surface area contributed by atoms with Crippen molar-refractivity contribution in [3.8, 4) is 0 Å². The van der Waals surface area contributed by atoms with E-state index in [-0.39, 0.29) is 12.5 Å². The van der Waals surface area contributed by atoms with Crippen LogP contribution in [-0.4, -0.2) is 87.5 Å². The molecule has 0 bridgehead atoms. The minimum absolute atomic E-state index is 0.170. The number of amides is 1. The minimum atomic E-state index is -1.57. The zero-order chi connectivity index (χ0) is 54.3. The SMILES string of the molecule is CCCCCCCCCCCCCC/C=C\CCCCCCCCCCCCCCCCCC(=O)NC(COC1OC(CO)C(O)C(O)C1O)C(O)/C=C/CCCCCCCCCCCCCCCCCCCCC. The number of rotatable bonds is 58. The highest BCUT2D eigenvalue weighted by Gasteiger charge is 2.44. The lowest BCUT2D eigenvalue weighted by Gasteiger charge is -2.40. The van der Waals surface area contributed by atoms with Crippen LogP contribution in [0.15, 0.2) is 24.3 Å². The molecule has 0 aromatic rings. The van der Waals surface area contributed by atoms with Crippen LogP contribution in [0, 0.1) is 0 Å². The van der Waals surface area contributed by atoms with E-state index in [1.54, 1.807) is 6.08 Å². The second kappa shape index (κ2) is 56.0. The molecule has 75 heavy (non-hydrogen) atoms. The summed E-state index contributed by atoms with van der Waals surface area (Å²) in [5.41, 5.74) is 0. The van der Waals surface area contributed by atoms with Crippen LogP contribution in [0.1, 0.15) is 335 Å². The Kier molecular flexibility index (Phi) is 53.5. The van der Waals surface area contributed by atoms with Crippen molar-refractivity contribution in [1.82, 2.24) is 5.32 Å². The first-order valence-electron chi connectivity index (χ1n) is 33.1. The topological polar surface area (TPSA) is 149 Å². The molecule has 0 saturated carbocycles.